The first kappa shape index (κ1) is 42.8. The van der Waals surface area contributed by atoms with Crippen LogP contribution in [-0.4, -0.2) is 27.3 Å². The van der Waals surface area contributed by atoms with Crippen LogP contribution >= 0.6 is 0 Å². The summed E-state index contributed by atoms with van der Waals surface area (Å²) in [7, 11) is 0. The molecule has 343 valence electrons. The van der Waals surface area contributed by atoms with Gasteiger partial charge in [-0.25, -0.2) is 0 Å². The van der Waals surface area contributed by atoms with Gasteiger partial charge in [0.15, 0.2) is 0 Å². The Kier molecular flexibility index (Phi) is 10.4. The quantitative estimate of drug-likeness (QED) is 0.134. The first-order valence-corrected chi connectivity index (χ1v) is 25.7. The molecule has 1 aromatic heterocycles. The van der Waals surface area contributed by atoms with E-state index in [-0.39, 0.29) is 6.71 Å². The number of rotatable bonds is 9. The zero-order valence-electron chi connectivity index (χ0n) is 39.7. The van der Waals surface area contributed by atoms with Crippen molar-refractivity contribution in [2.75, 3.05) is 19.6 Å². The molecule has 11 aromatic carbocycles. The number of hydrogen-bond donors (Lipinski definition) is 0. The molecule has 12 aromatic rings. The van der Waals surface area contributed by atoms with E-state index >= 15 is 0 Å². The molecular weight excluding hydrogens is 953 g/mol. The third-order valence-corrected chi connectivity index (χ3v) is 15.2. The average Bonchev–Trinajstić information content (AvgIpc) is 3.79. The van der Waals surface area contributed by atoms with Gasteiger partial charge in [0.05, 0.1) is 0 Å². The number of hydrogen-bond acceptors (Lipinski definition) is 4. The van der Waals surface area contributed by atoms with Crippen LogP contribution in [-0.2, 0) is 0 Å². The molecule has 2 aliphatic rings. The molecule has 0 saturated carbocycles. The van der Waals surface area contributed by atoms with E-state index in [0.717, 1.165) is 78.4 Å². The maximum atomic E-state index is 3.60. The molecule has 0 saturated heterocycles. The molecule has 0 fully saturated rings. The van der Waals surface area contributed by atoms with Crippen LogP contribution < -0.4 is 40.4 Å². The molecule has 0 spiro atoms. The molecule has 3 heterocycles. The van der Waals surface area contributed by atoms with E-state index < -0.39 is 0 Å². The summed E-state index contributed by atoms with van der Waals surface area (Å²) >= 11 is 3.60. The van der Waals surface area contributed by atoms with Gasteiger partial charge in [-0.15, -0.1) is 0 Å². The van der Waals surface area contributed by atoms with E-state index in [1.807, 2.05) is 0 Å². The van der Waals surface area contributed by atoms with Crippen LogP contribution in [0.5, 0.6) is 0 Å². The van der Waals surface area contributed by atoms with E-state index in [2.05, 4.69) is 313 Å². The van der Waals surface area contributed by atoms with Crippen molar-refractivity contribution in [3.05, 3.63) is 273 Å². The van der Waals surface area contributed by atoms with Gasteiger partial charge in [0.2, 0.25) is 0 Å². The van der Waals surface area contributed by atoms with Crippen LogP contribution in [0.1, 0.15) is 0 Å². The fourth-order valence-corrected chi connectivity index (χ4v) is 12.1. The standard InChI is InChI=1S/C66H45BN5Se/c73-65-45-61-57(44-62(65)69(48-26-10-3-11-27-48)51-38-40-52(41-39-51)70-58-35-19-16-32-54(58)55-33-17-20-36-59(55)70)67-56-34-18-21-37-60(56)71(49-28-12-4-13-29-49)63-42-53(43-64(66(63)67)72(61)50-30-14-5-15-31-50)68(46-22-6-1-7-23-46)47-24-8-2-9-25-47/h1-45H. The van der Waals surface area contributed by atoms with Crippen LogP contribution in [0.3, 0.4) is 0 Å². The van der Waals surface area contributed by atoms with Gasteiger partial charge in [-0.05, 0) is 0 Å². The summed E-state index contributed by atoms with van der Waals surface area (Å²) in [5.41, 5.74) is 20.4. The summed E-state index contributed by atoms with van der Waals surface area (Å²) in [5.74, 6) is 0. The average molecular weight is 998 g/mol. The second-order valence-corrected chi connectivity index (χ2v) is 19.6. The van der Waals surface area contributed by atoms with Gasteiger partial charge < -0.3 is 0 Å². The summed E-state index contributed by atoms with van der Waals surface area (Å²) in [6.45, 7) is -0.110. The predicted molar refractivity (Wildman–Crippen MR) is 310 cm³/mol. The molecule has 5 nitrogen and oxygen atoms in total. The first-order valence-electron chi connectivity index (χ1n) is 24.8. The van der Waals surface area contributed by atoms with Crippen molar-refractivity contribution in [3.8, 4) is 5.69 Å². The number of para-hydroxylation sites is 8. The van der Waals surface area contributed by atoms with Crippen molar-refractivity contribution in [2.24, 2.45) is 0 Å². The molecule has 1 radical (unpaired) electrons. The summed E-state index contributed by atoms with van der Waals surface area (Å²) in [6, 6.07) is 99.2. The van der Waals surface area contributed by atoms with Crippen LogP contribution in [0, 0.1) is 0 Å². The van der Waals surface area contributed by atoms with Crippen LogP contribution in [0.15, 0.2) is 273 Å². The van der Waals surface area contributed by atoms with Crippen molar-refractivity contribution in [2.45, 2.75) is 0 Å². The molecular formula is C66H45BN5Se. The molecule has 0 N–H and O–H groups in total. The molecule has 73 heavy (non-hydrogen) atoms. The van der Waals surface area contributed by atoms with Gasteiger partial charge in [-0.3, -0.25) is 0 Å². The molecule has 0 bridgehead atoms. The SMILES string of the molecule is [Se]c1cc2c(cc1N(c1ccccc1)c1ccc(-n3c4ccccc4c4ccccc43)cc1)B1c3ccccc3N(c3ccccc3)c3cc(N(c4ccccc4)c4ccccc4)cc(c31)N2c1ccccc1. The number of aromatic nitrogens is 1. The van der Waals surface area contributed by atoms with Crippen molar-refractivity contribution >= 4 is 134 Å². The molecule has 2 aliphatic heterocycles. The number of nitrogens with zero attached hydrogens (tertiary/aromatic N) is 5. The van der Waals surface area contributed by atoms with Gasteiger partial charge in [0.25, 0.3) is 0 Å². The molecule has 0 unspecified atom stereocenters. The van der Waals surface area contributed by atoms with Gasteiger partial charge in [0.1, 0.15) is 0 Å². The predicted octanol–water partition coefficient (Wildman–Crippen LogP) is 14.6. The summed E-state index contributed by atoms with van der Waals surface area (Å²) in [6.07, 6.45) is 0. The Bertz CT molecular complexity index is 3910. The Balaban J connectivity index is 1.01. The zero-order valence-corrected chi connectivity index (χ0v) is 41.4. The number of benzene rings is 11. The Labute approximate surface area is 434 Å². The third-order valence-electron chi connectivity index (χ3n) is 14.6. The second kappa shape index (κ2) is 17.7. The molecule has 0 aliphatic carbocycles. The second-order valence-electron chi connectivity index (χ2n) is 18.7. The fourth-order valence-electron chi connectivity index (χ4n) is 11.5. The normalized spacial score (nSPS) is 12.4. The minimum absolute atomic E-state index is 0.110. The van der Waals surface area contributed by atoms with Crippen LogP contribution in [0.2, 0.25) is 0 Å². The molecule has 7 heteroatoms. The maximum absolute atomic E-state index is 3.60. The first-order chi connectivity index (χ1) is 36.2. The number of anilines is 12. The summed E-state index contributed by atoms with van der Waals surface area (Å²) < 4.78 is 3.43. The molecule has 0 atom stereocenters. The zero-order chi connectivity index (χ0) is 48.4. The van der Waals surface area contributed by atoms with E-state index in [0.29, 0.717) is 0 Å². The monoisotopic (exact) mass is 998 g/mol. The Hall–Kier alpha value is -9.00. The number of fused-ring (bicyclic) bond motifs is 7. The van der Waals surface area contributed by atoms with Crippen molar-refractivity contribution in [3.63, 3.8) is 0 Å². The molecule has 14 rings (SSSR count). The van der Waals surface area contributed by atoms with Crippen molar-refractivity contribution in [1.29, 1.82) is 0 Å². The minimum atomic E-state index is -0.110. The van der Waals surface area contributed by atoms with Crippen LogP contribution in [0.4, 0.5) is 68.2 Å². The van der Waals surface area contributed by atoms with Gasteiger partial charge in [-0.1, -0.05) is 0 Å². The summed E-state index contributed by atoms with van der Waals surface area (Å²) in [5, 5.41) is 2.50. The molecule has 0 amide bonds. The van der Waals surface area contributed by atoms with E-state index in [9.17, 15) is 0 Å². The topological polar surface area (TPSA) is 17.9 Å². The fraction of sp³-hybridized carbons (Fsp3) is 0. The Morgan fingerprint density at radius 1 is 0.315 bits per heavy atom. The van der Waals surface area contributed by atoms with Gasteiger partial charge >= 0.3 is 436 Å². The third kappa shape index (κ3) is 7.08. The van der Waals surface area contributed by atoms with E-state index in [1.54, 1.807) is 0 Å². The Morgan fingerprint density at radius 2 is 0.753 bits per heavy atom. The van der Waals surface area contributed by atoms with E-state index in [1.165, 1.54) is 38.2 Å². The summed E-state index contributed by atoms with van der Waals surface area (Å²) in [4.78, 5) is 9.78. The van der Waals surface area contributed by atoms with Gasteiger partial charge in [0, 0.05) is 0 Å². The van der Waals surface area contributed by atoms with Crippen molar-refractivity contribution < 1.29 is 0 Å². The Morgan fingerprint density at radius 3 is 1.30 bits per heavy atom. The van der Waals surface area contributed by atoms with Crippen molar-refractivity contribution in [1.82, 2.24) is 4.57 Å². The van der Waals surface area contributed by atoms with Gasteiger partial charge in [-0.2, -0.15) is 0 Å². The van der Waals surface area contributed by atoms with E-state index in [4.69, 9.17) is 0 Å². The van der Waals surface area contributed by atoms with Crippen LogP contribution in [0.25, 0.3) is 27.5 Å².